The van der Waals surface area contributed by atoms with Gasteiger partial charge in [0.2, 0.25) is 0 Å². The van der Waals surface area contributed by atoms with Crippen LogP contribution in [0.4, 0.5) is 0 Å². The molecule has 0 unspecified atom stereocenters. The third-order valence-electron chi connectivity index (χ3n) is 4.28. The van der Waals surface area contributed by atoms with E-state index < -0.39 is 0 Å². The fraction of sp³-hybridized carbons (Fsp3) is 0.500. The Bertz CT molecular complexity index is 556. The maximum Gasteiger partial charge on any atom is 0.0712 e. The molecule has 2 N–H and O–H groups in total. The number of hydrogen-bond donors (Lipinski definition) is 1. The highest BCUT2D eigenvalue weighted by Crippen LogP contribution is 2.24. The van der Waals surface area contributed by atoms with Crippen molar-refractivity contribution in [3.63, 3.8) is 0 Å². The van der Waals surface area contributed by atoms with E-state index in [1.807, 2.05) is 6.20 Å². The Hall–Kier alpha value is -1.52. The average molecular weight is 270 g/mol. The van der Waals surface area contributed by atoms with Crippen LogP contribution < -0.4 is 5.73 Å². The molecule has 1 aromatic heterocycles. The van der Waals surface area contributed by atoms with E-state index in [-0.39, 0.29) is 0 Å². The number of likely N-dealkylation sites (tertiary alicyclic amines) is 1. The highest BCUT2D eigenvalue weighted by Gasteiger charge is 2.20. The number of nitrogens with two attached hydrogens (primary N) is 1. The van der Waals surface area contributed by atoms with Crippen molar-refractivity contribution >= 4 is 10.8 Å². The number of benzene rings is 1. The standard InChI is InChI=1S/C16H22N4/c17-7-10-20-8-5-13(6-9-20)11-16-15-4-2-1-3-14(15)12-18-19-16/h1-4,12-13H,5-11,17H2. The van der Waals surface area contributed by atoms with E-state index >= 15 is 0 Å². The zero-order valence-corrected chi connectivity index (χ0v) is 11.8. The molecule has 1 saturated heterocycles. The highest BCUT2D eigenvalue weighted by molar-refractivity contribution is 5.83. The van der Waals surface area contributed by atoms with Gasteiger partial charge < -0.3 is 10.6 Å². The Balaban J connectivity index is 1.68. The van der Waals surface area contributed by atoms with Gasteiger partial charge in [0.1, 0.15) is 0 Å². The minimum atomic E-state index is 0.726. The molecule has 106 valence electrons. The molecule has 1 aromatic carbocycles. The van der Waals surface area contributed by atoms with Crippen molar-refractivity contribution in [2.24, 2.45) is 11.7 Å². The van der Waals surface area contributed by atoms with Gasteiger partial charge in [0.25, 0.3) is 0 Å². The van der Waals surface area contributed by atoms with Crippen molar-refractivity contribution in [2.75, 3.05) is 26.2 Å². The Morgan fingerprint density at radius 1 is 1.20 bits per heavy atom. The van der Waals surface area contributed by atoms with Crippen LogP contribution in [0.2, 0.25) is 0 Å². The second kappa shape index (κ2) is 6.29. The zero-order chi connectivity index (χ0) is 13.8. The maximum absolute atomic E-state index is 5.62. The molecule has 2 aromatic rings. The molecule has 0 spiro atoms. The second-order valence-corrected chi connectivity index (χ2v) is 5.66. The van der Waals surface area contributed by atoms with Crippen molar-refractivity contribution in [2.45, 2.75) is 19.3 Å². The van der Waals surface area contributed by atoms with Crippen molar-refractivity contribution in [3.8, 4) is 0 Å². The van der Waals surface area contributed by atoms with E-state index in [4.69, 9.17) is 5.73 Å². The van der Waals surface area contributed by atoms with Gasteiger partial charge in [0.05, 0.1) is 11.9 Å². The predicted molar refractivity (Wildman–Crippen MR) is 81.5 cm³/mol. The zero-order valence-electron chi connectivity index (χ0n) is 11.8. The topological polar surface area (TPSA) is 55.0 Å². The quantitative estimate of drug-likeness (QED) is 0.921. The minimum absolute atomic E-state index is 0.726. The molecule has 0 aliphatic carbocycles. The number of piperidine rings is 1. The van der Waals surface area contributed by atoms with Crippen LogP contribution in [0.3, 0.4) is 0 Å². The molecular weight excluding hydrogens is 248 g/mol. The first kappa shape index (κ1) is 13.5. The summed E-state index contributed by atoms with van der Waals surface area (Å²) in [5.74, 6) is 0.726. The second-order valence-electron chi connectivity index (χ2n) is 5.66. The van der Waals surface area contributed by atoms with Gasteiger partial charge in [-0.2, -0.15) is 10.2 Å². The van der Waals surface area contributed by atoms with Crippen molar-refractivity contribution < 1.29 is 0 Å². The Morgan fingerprint density at radius 2 is 2.00 bits per heavy atom. The average Bonchev–Trinajstić information content (AvgIpc) is 2.50. The lowest BCUT2D eigenvalue weighted by Crippen LogP contribution is -2.37. The van der Waals surface area contributed by atoms with Crippen LogP contribution in [0.15, 0.2) is 30.5 Å². The summed E-state index contributed by atoms with van der Waals surface area (Å²) in [5, 5.41) is 11.0. The van der Waals surface area contributed by atoms with Crippen LogP contribution in [0, 0.1) is 5.92 Å². The summed E-state index contributed by atoms with van der Waals surface area (Å²) < 4.78 is 0. The molecule has 2 heterocycles. The van der Waals surface area contributed by atoms with Gasteiger partial charge in [-0.05, 0) is 38.3 Å². The first-order valence-corrected chi connectivity index (χ1v) is 7.48. The van der Waals surface area contributed by atoms with Crippen molar-refractivity contribution in [1.82, 2.24) is 15.1 Å². The first-order valence-electron chi connectivity index (χ1n) is 7.48. The molecule has 0 bridgehead atoms. The van der Waals surface area contributed by atoms with Crippen LogP contribution in [0.1, 0.15) is 18.5 Å². The number of fused-ring (bicyclic) bond motifs is 1. The molecule has 0 amide bonds. The van der Waals surface area contributed by atoms with E-state index in [2.05, 4.69) is 39.4 Å². The number of aromatic nitrogens is 2. The number of nitrogens with zero attached hydrogens (tertiary/aromatic N) is 3. The van der Waals surface area contributed by atoms with Gasteiger partial charge in [0.15, 0.2) is 0 Å². The van der Waals surface area contributed by atoms with Gasteiger partial charge in [-0.15, -0.1) is 0 Å². The summed E-state index contributed by atoms with van der Waals surface area (Å²) >= 11 is 0. The molecule has 1 aliphatic heterocycles. The summed E-state index contributed by atoms with van der Waals surface area (Å²) in [7, 11) is 0. The smallest absolute Gasteiger partial charge is 0.0712 e. The Labute approximate surface area is 120 Å². The molecule has 4 heteroatoms. The lowest BCUT2D eigenvalue weighted by Gasteiger charge is -2.31. The molecule has 0 saturated carbocycles. The van der Waals surface area contributed by atoms with Crippen LogP contribution in [0.25, 0.3) is 10.8 Å². The maximum atomic E-state index is 5.62. The third kappa shape index (κ3) is 2.97. The number of rotatable bonds is 4. The molecule has 0 radical (unpaired) electrons. The first-order chi connectivity index (χ1) is 9.86. The molecule has 0 atom stereocenters. The molecule has 3 rings (SSSR count). The SMILES string of the molecule is NCCN1CCC(Cc2nncc3ccccc23)CC1. The van der Waals surface area contributed by atoms with E-state index in [1.165, 1.54) is 36.7 Å². The lowest BCUT2D eigenvalue weighted by atomic mass is 9.91. The molecule has 1 aliphatic rings. The Kier molecular flexibility index (Phi) is 4.23. The van der Waals surface area contributed by atoms with Crippen LogP contribution in [-0.4, -0.2) is 41.3 Å². The van der Waals surface area contributed by atoms with Gasteiger partial charge >= 0.3 is 0 Å². The van der Waals surface area contributed by atoms with Gasteiger partial charge in [-0.25, -0.2) is 0 Å². The largest absolute Gasteiger partial charge is 0.329 e. The van der Waals surface area contributed by atoms with Gasteiger partial charge in [-0.3, -0.25) is 0 Å². The lowest BCUT2D eigenvalue weighted by molar-refractivity contribution is 0.188. The predicted octanol–water partition coefficient (Wildman–Crippen LogP) is 1.84. The fourth-order valence-corrected chi connectivity index (χ4v) is 3.11. The van der Waals surface area contributed by atoms with E-state index in [9.17, 15) is 0 Å². The molecule has 1 fully saturated rings. The monoisotopic (exact) mass is 270 g/mol. The van der Waals surface area contributed by atoms with Crippen LogP contribution in [0.5, 0.6) is 0 Å². The van der Waals surface area contributed by atoms with Crippen molar-refractivity contribution in [3.05, 3.63) is 36.2 Å². The normalized spacial score (nSPS) is 17.6. The molecule has 20 heavy (non-hydrogen) atoms. The van der Waals surface area contributed by atoms with Gasteiger partial charge in [-0.1, -0.05) is 24.3 Å². The van der Waals surface area contributed by atoms with Gasteiger partial charge in [0, 0.05) is 23.9 Å². The number of hydrogen-bond acceptors (Lipinski definition) is 4. The fourth-order valence-electron chi connectivity index (χ4n) is 3.11. The van der Waals surface area contributed by atoms with E-state index in [0.717, 1.165) is 31.1 Å². The molecule has 4 nitrogen and oxygen atoms in total. The summed E-state index contributed by atoms with van der Waals surface area (Å²) in [6, 6.07) is 8.40. The molecular formula is C16H22N4. The summed E-state index contributed by atoms with van der Waals surface area (Å²) in [5.41, 5.74) is 6.77. The van der Waals surface area contributed by atoms with Crippen molar-refractivity contribution in [1.29, 1.82) is 0 Å². The minimum Gasteiger partial charge on any atom is -0.329 e. The summed E-state index contributed by atoms with van der Waals surface area (Å²) in [6.45, 7) is 4.13. The van der Waals surface area contributed by atoms with E-state index in [0.29, 0.717) is 0 Å². The Morgan fingerprint density at radius 3 is 2.80 bits per heavy atom. The third-order valence-corrected chi connectivity index (χ3v) is 4.28. The highest BCUT2D eigenvalue weighted by atomic mass is 15.1. The van der Waals surface area contributed by atoms with E-state index in [1.54, 1.807) is 0 Å². The summed E-state index contributed by atoms with van der Waals surface area (Å²) in [4.78, 5) is 2.46. The van der Waals surface area contributed by atoms with Crippen LogP contribution in [-0.2, 0) is 6.42 Å². The summed E-state index contributed by atoms with van der Waals surface area (Å²) in [6.07, 6.45) is 5.38. The van der Waals surface area contributed by atoms with Crippen LogP contribution >= 0.6 is 0 Å².